The molecule has 1 amide bonds. The highest BCUT2D eigenvalue weighted by atomic mass is 16.1. The van der Waals surface area contributed by atoms with Crippen LogP contribution in [0.2, 0.25) is 0 Å². The van der Waals surface area contributed by atoms with E-state index in [1.165, 1.54) is 36.8 Å². The van der Waals surface area contributed by atoms with E-state index in [1.54, 1.807) is 0 Å². The summed E-state index contributed by atoms with van der Waals surface area (Å²) in [6, 6.07) is 6.52. The second-order valence-electron chi connectivity index (χ2n) is 6.72. The number of nitrogens with two attached hydrogens (primary N) is 1. The third kappa shape index (κ3) is 2.71. The molecule has 3 rings (SSSR count). The van der Waals surface area contributed by atoms with Crippen LogP contribution in [0, 0.1) is 5.41 Å². The van der Waals surface area contributed by atoms with Gasteiger partial charge in [0.25, 0.3) is 0 Å². The number of amides is 1. The summed E-state index contributed by atoms with van der Waals surface area (Å²) >= 11 is 0. The van der Waals surface area contributed by atoms with E-state index in [9.17, 15) is 4.79 Å². The van der Waals surface area contributed by atoms with Crippen LogP contribution in [0.3, 0.4) is 0 Å². The van der Waals surface area contributed by atoms with Crippen LogP contribution in [0.1, 0.15) is 69.0 Å². The first-order valence-electron chi connectivity index (χ1n) is 8.33. The van der Waals surface area contributed by atoms with E-state index in [0.29, 0.717) is 6.42 Å². The molecule has 1 aromatic rings. The molecule has 3 nitrogen and oxygen atoms in total. The summed E-state index contributed by atoms with van der Waals surface area (Å²) in [5.74, 6) is 0.131. The number of rotatable bonds is 3. The molecule has 3 heteroatoms. The molecule has 3 N–H and O–H groups in total. The number of carbonyl (C=O) groups excluding carboxylic acids is 1. The van der Waals surface area contributed by atoms with E-state index in [1.807, 2.05) is 6.07 Å². The monoisotopic (exact) mass is 286 g/mol. The lowest BCUT2D eigenvalue weighted by Crippen LogP contribution is -2.31. The van der Waals surface area contributed by atoms with Crippen molar-refractivity contribution in [2.75, 3.05) is 5.32 Å². The summed E-state index contributed by atoms with van der Waals surface area (Å²) in [4.78, 5) is 11.6. The third-order valence-corrected chi connectivity index (χ3v) is 5.58. The van der Waals surface area contributed by atoms with Gasteiger partial charge in [0, 0.05) is 18.2 Å². The SMILES string of the molecule is CCC1(C(N)c2ccc3c(c2)CCCC(=O)N3)CCCC1. The van der Waals surface area contributed by atoms with Gasteiger partial charge in [-0.3, -0.25) is 4.79 Å². The van der Waals surface area contributed by atoms with Gasteiger partial charge < -0.3 is 11.1 Å². The fourth-order valence-corrected chi connectivity index (χ4v) is 4.11. The first-order valence-corrected chi connectivity index (χ1v) is 8.33. The number of aryl methyl sites for hydroxylation is 1. The van der Waals surface area contributed by atoms with Crippen LogP contribution in [0.15, 0.2) is 18.2 Å². The van der Waals surface area contributed by atoms with Crippen molar-refractivity contribution in [3.8, 4) is 0 Å². The van der Waals surface area contributed by atoms with Crippen LogP contribution in [0.25, 0.3) is 0 Å². The largest absolute Gasteiger partial charge is 0.326 e. The van der Waals surface area contributed by atoms with Gasteiger partial charge in [0.05, 0.1) is 0 Å². The van der Waals surface area contributed by atoms with Gasteiger partial charge in [-0.1, -0.05) is 31.9 Å². The number of anilines is 1. The smallest absolute Gasteiger partial charge is 0.224 e. The summed E-state index contributed by atoms with van der Waals surface area (Å²) in [7, 11) is 0. The van der Waals surface area contributed by atoms with Crippen molar-refractivity contribution in [3.05, 3.63) is 29.3 Å². The molecule has 0 aromatic heterocycles. The molecule has 0 bridgehead atoms. The zero-order valence-electron chi connectivity index (χ0n) is 13.0. The number of fused-ring (bicyclic) bond motifs is 1. The Balaban J connectivity index is 1.89. The lowest BCUT2D eigenvalue weighted by molar-refractivity contribution is -0.116. The Morgan fingerprint density at radius 3 is 2.71 bits per heavy atom. The van der Waals surface area contributed by atoms with Crippen molar-refractivity contribution < 1.29 is 4.79 Å². The molecule has 1 saturated carbocycles. The van der Waals surface area contributed by atoms with Crippen molar-refractivity contribution in [1.29, 1.82) is 0 Å². The second kappa shape index (κ2) is 5.80. The first-order chi connectivity index (χ1) is 10.1. The van der Waals surface area contributed by atoms with Crippen molar-refractivity contribution in [1.82, 2.24) is 0 Å². The van der Waals surface area contributed by atoms with Crippen molar-refractivity contribution in [2.24, 2.45) is 11.1 Å². The summed E-state index contributed by atoms with van der Waals surface area (Å²) in [5.41, 5.74) is 10.4. The Kier molecular flexibility index (Phi) is 4.03. The zero-order chi connectivity index (χ0) is 14.9. The molecule has 0 spiro atoms. The molecule has 1 unspecified atom stereocenters. The van der Waals surface area contributed by atoms with E-state index in [-0.39, 0.29) is 17.4 Å². The minimum Gasteiger partial charge on any atom is -0.326 e. The van der Waals surface area contributed by atoms with E-state index in [4.69, 9.17) is 5.73 Å². The minimum atomic E-state index is 0.120. The number of hydrogen-bond donors (Lipinski definition) is 2. The highest BCUT2D eigenvalue weighted by molar-refractivity contribution is 5.92. The summed E-state index contributed by atoms with van der Waals surface area (Å²) in [6.45, 7) is 2.27. The van der Waals surface area contributed by atoms with Gasteiger partial charge in [-0.05, 0) is 54.7 Å². The maximum Gasteiger partial charge on any atom is 0.224 e. The molecule has 0 radical (unpaired) electrons. The molecule has 1 fully saturated rings. The van der Waals surface area contributed by atoms with Gasteiger partial charge in [0.1, 0.15) is 0 Å². The van der Waals surface area contributed by atoms with Crippen molar-refractivity contribution in [3.63, 3.8) is 0 Å². The van der Waals surface area contributed by atoms with E-state index in [0.717, 1.165) is 24.9 Å². The maximum absolute atomic E-state index is 11.6. The molecule has 1 heterocycles. The van der Waals surface area contributed by atoms with Crippen LogP contribution >= 0.6 is 0 Å². The van der Waals surface area contributed by atoms with Gasteiger partial charge in [0.2, 0.25) is 5.91 Å². The Morgan fingerprint density at radius 1 is 1.24 bits per heavy atom. The first kappa shape index (κ1) is 14.6. The highest BCUT2D eigenvalue weighted by Gasteiger charge is 2.38. The normalized spacial score (nSPS) is 22.3. The molecule has 2 aliphatic rings. The van der Waals surface area contributed by atoms with E-state index in [2.05, 4.69) is 24.4 Å². The van der Waals surface area contributed by atoms with Gasteiger partial charge >= 0.3 is 0 Å². The van der Waals surface area contributed by atoms with Crippen LogP contribution in [-0.4, -0.2) is 5.91 Å². The predicted octanol–water partition coefficient (Wildman–Crippen LogP) is 3.93. The van der Waals surface area contributed by atoms with Gasteiger partial charge in [-0.25, -0.2) is 0 Å². The maximum atomic E-state index is 11.6. The minimum absolute atomic E-state index is 0.120. The predicted molar refractivity (Wildman–Crippen MR) is 86.1 cm³/mol. The van der Waals surface area contributed by atoms with Crippen LogP contribution in [0.4, 0.5) is 5.69 Å². The Labute approximate surface area is 127 Å². The second-order valence-corrected chi connectivity index (χ2v) is 6.72. The number of nitrogens with one attached hydrogen (secondary N) is 1. The number of carbonyl (C=O) groups is 1. The number of hydrogen-bond acceptors (Lipinski definition) is 2. The lowest BCUT2D eigenvalue weighted by Gasteiger charge is -2.35. The summed E-state index contributed by atoms with van der Waals surface area (Å²) in [5, 5.41) is 3.00. The Hall–Kier alpha value is -1.35. The van der Waals surface area contributed by atoms with Crippen LogP contribution in [-0.2, 0) is 11.2 Å². The quantitative estimate of drug-likeness (QED) is 0.884. The van der Waals surface area contributed by atoms with Crippen molar-refractivity contribution >= 4 is 11.6 Å². The van der Waals surface area contributed by atoms with E-state index < -0.39 is 0 Å². The molecule has 1 aliphatic heterocycles. The van der Waals surface area contributed by atoms with Gasteiger partial charge in [-0.2, -0.15) is 0 Å². The molecule has 1 aromatic carbocycles. The molecule has 1 atom stereocenters. The average molecular weight is 286 g/mol. The fourth-order valence-electron chi connectivity index (χ4n) is 4.11. The number of benzene rings is 1. The Morgan fingerprint density at radius 2 is 2.00 bits per heavy atom. The standard InChI is InChI=1S/C18H26N2O/c1-2-18(10-3-4-11-18)17(19)14-8-9-15-13(12-14)6-5-7-16(21)20-15/h8-9,12,17H,2-7,10-11,19H2,1H3,(H,20,21). The van der Waals surface area contributed by atoms with E-state index >= 15 is 0 Å². The molecular formula is C18H26N2O. The molecule has 114 valence electrons. The molecule has 1 aliphatic carbocycles. The lowest BCUT2D eigenvalue weighted by atomic mass is 9.73. The third-order valence-electron chi connectivity index (χ3n) is 5.58. The zero-order valence-corrected chi connectivity index (χ0v) is 13.0. The topological polar surface area (TPSA) is 55.1 Å². The van der Waals surface area contributed by atoms with Crippen LogP contribution in [0.5, 0.6) is 0 Å². The molecule has 0 saturated heterocycles. The summed E-state index contributed by atoms with van der Waals surface area (Å²) < 4.78 is 0. The molecular weight excluding hydrogens is 260 g/mol. The Bertz CT molecular complexity index is 532. The van der Waals surface area contributed by atoms with Crippen LogP contribution < -0.4 is 11.1 Å². The van der Waals surface area contributed by atoms with Gasteiger partial charge in [0.15, 0.2) is 0 Å². The summed E-state index contributed by atoms with van der Waals surface area (Å²) in [6.07, 6.45) is 8.78. The van der Waals surface area contributed by atoms with Crippen molar-refractivity contribution in [2.45, 2.75) is 64.3 Å². The fraction of sp³-hybridized carbons (Fsp3) is 0.611. The average Bonchev–Trinajstić information content (AvgIpc) is 2.90. The highest BCUT2D eigenvalue weighted by Crippen LogP contribution is 2.49. The van der Waals surface area contributed by atoms with Gasteiger partial charge in [-0.15, -0.1) is 0 Å². The molecule has 21 heavy (non-hydrogen) atoms.